The van der Waals surface area contributed by atoms with E-state index in [0.29, 0.717) is 10.4 Å². The van der Waals surface area contributed by atoms with Crippen LogP contribution in [0.3, 0.4) is 0 Å². The van der Waals surface area contributed by atoms with Gasteiger partial charge >= 0.3 is 0 Å². The number of aromatic nitrogens is 1. The monoisotopic (exact) mass is 375 g/mol. The Bertz CT molecular complexity index is 652. The average molecular weight is 377 g/mol. The van der Waals surface area contributed by atoms with Crippen molar-refractivity contribution < 1.29 is 13.5 Å². The summed E-state index contributed by atoms with van der Waals surface area (Å²) in [6.45, 7) is 2.03. The molecule has 1 aromatic heterocycles. The second kappa shape index (κ2) is 7.18. The maximum Gasteiger partial charge on any atom is 0.219 e. The number of benzene rings is 1. The predicted molar refractivity (Wildman–Crippen MR) is 81.9 cm³/mol. The molecule has 0 unspecified atom stereocenters. The number of alkyl halides is 1. The lowest BCUT2D eigenvalue weighted by atomic mass is 10.2. The number of hydrogen-bond acceptors (Lipinski definition) is 2. The zero-order valence-corrected chi connectivity index (χ0v) is 13.6. The number of hydrogen-bond donors (Lipinski definition) is 0. The van der Waals surface area contributed by atoms with Crippen molar-refractivity contribution in [3.63, 3.8) is 0 Å². The van der Waals surface area contributed by atoms with Crippen LogP contribution in [-0.4, -0.2) is 4.98 Å². The standard InChI is InChI=1S/C15H13BrClF2NO/c1-2-3-11-4-9(8-17)5-14(20-11)21-13-7-10(16)6-12(18)15(13)19/h4-7H,2-3,8H2,1H3. The third kappa shape index (κ3) is 4.14. The summed E-state index contributed by atoms with van der Waals surface area (Å²) in [5.74, 6) is -1.75. The Labute approximate surface area is 135 Å². The summed E-state index contributed by atoms with van der Waals surface area (Å²) in [6, 6.07) is 5.88. The summed E-state index contributed by atoms with van der Waals surface area (Å²) in [4.78, 5) is 4.28. The van der Waals surface area contributed by atoms with Crippen molar-refractivity contribution in [1.82, 2.24) is 4.98 Å². The first-order valence-electron chi connectivity index (χ1n) is 6.41. The summed E-state index contributed by atoms with van der Waals surface area (Å²) < 4.78 is 32.9. The van der Waals surface area contributed by atoms with Crippen LogP contribution in [0.4, 0.5) is 8.78 Å². The van der Waals surface area contributed by atoms with Crippen LogP contribution in [0.15, 0.2) is 28.7 Å². The van der Waals surface area contributed by atoms with E-state index in [1.165, 1.54) is 6.07 Å². The molecule has 0 bridgehead atoms. The number of halogens is 4. The minimum absolute atomic E-state index is 0.202. The molecule has 2 nitrogen and oxygen atoms in total. The lowest BCUT2D eigenvalue weighted by Gasteiger charge is -2.10. The van der Waals surface area contributed by atoms with Crippen LogP contribution in [0.5, 0.6) is 11.6 Å². The van der Waals surface area contributed by atoms with Gasteiger partial charge in [0.05, 0.1) is 0 Å². The SMILES string of the molecule is CCCc1cc(CCl)cc(Oc2cc(Br)cc(F)c2F)n1. The number of pyridine rings is 1. The molecule has 1 aromatic carbocycles. The maximum atomic E-state index is 13.7. The minimum Gasteiger partial charge on any atom is -0.436 e. The van der Waals surface area contributed by atoms with Gasteiger partial charge in [-0.15, -0.1) is 11.6 Å². The molecule has 2 aromatic rings. The maximum absolute atomic E-state index is 13.7. The van der Waals surface area contributed by atoms with Crippen LogP contribution in [0.2, 0.25) is 0 Å². The zero-order chi connectivity index (χ0) is 15.4. The van der Waals surface area contributed by atoms with Gasteiger partial charge < -0.3 is 4.74 Å². The topological polar surface area (TPSA) is 22.1 Å². The first-order valence-corrected chi connectivity index (χ1v) is 7.74. The Kier molecular flexibility index (Phi) is 5.53. The van der Waals surface area contributed by atoms with Crippen molar-refractivity contribution in [2.45, 2.75) is 25.6 Å². The van der Waals surface area contributed by atoms with Crippen LogP contribution in [0.1, 0.15) is 24.6 Å². The fraction of sp³-hybridized carbons (Fsp3) is 0.267. The molecule has 0 fully saturated rings. The molecule has 0 N–H and O–H groups in total. The van der Waals surface area contributed by atoms with Crippen LogP contribution >= 0.6 is 27.5 Å². The lowest BCUT2D eigenvalue weighted by molar-refractivity contribution is 0.403. The van der Waals surface area contributed by atoms with E-state index < -0.39 is 11.6 Å². The lowest BCUT2D eigenvalue weighted by Crippen LogP contribution is -1.98. The molecule has 0 spiro atoms. The van der Waals surface area contributed by atoms with Crippen molar-refractivity contribution in [3.8, 4) is 11.6 Å². The molecule has 6 heteroatoms. The molecule has 1 heterocycles. The fourth-order valence-corrected chi connectivity index (χ4v) is 2.42. The van der Waals surface area contributed by atoms with Gasteiger partial charge in [-0.2, -0.15) is 4.39 Å². The van der Waals surface area contributed by atoms with Gasteiger partial charge in [-0.25, -0.2) is 9.37 Å². The van der Waals surface area contributed by atoms with Gasteiger partial charge in [0.1, 0.15) is 0 Å². The molecule has 0 aliphatic carbocycles. The molecule has 0 amide bonds. The van der Waals surface area contributed by atoms with Gasteiger partial charge in [-0.05, 0) is 30.2 Å². The van der Waals surface area contributed by atoms with Crippen molar-refractivity contribution in [2.75, 3.05) is 0 Å². The molecule has 2 rings (SSSR count). The van der Waals surface area contributed by atoms with Crippen LogP contribution in [-0.2, 0) is 12.3 Å². The molecular formula is C15H13BrClF2NO. The molecule has 0 atom stereocenters. The second-order valence-corrected chi connectivity index (χ2v) is 5.67. The third-order valence-electron chi connectivity index (χ3n) is 2.75. The third-order valence-corrected chi connectivity index (χ3v) is 3.52. The summed E-state index contributed by atoms with van der Waals surface area (Å²) in [5.41, 5.74) is 1.63. The molecule has 21 heavy (non-hydrogen) atoms. The Balaban J connectivity index is 2.37. The summed E-state index contributed by atoms with van der Waals surface area (Å²) >= 11 is 8.93. The number of ether oxygens (including phenoxy) is 1. The minimum atomic E-state index is -1.05. The van der Waals surface area contributed by atoms with Crippen LogP contribution < -0.4 is 4.74 Å². The second-order valence-electron chi connectivity index (χ2n) is 4.49. The van der Waals surface area contributed by atoms with Gasteiger partial charge in [0, 0.05) is 22.1 Å². The van der Waals surface area contributed by atoms with E-state index in [1.54, 1.807) is 6.07 Å². The normalized spacial score (nSPS) is 10.7. The van der Waals surface area contributed by atoms with Gasteiger partial charge in [-0.3, -0.25) is 0 Å². The summed E-state index contributed by atoms with van der Waals surface area (Å²) in [6.07, 6.45) is 1.68. The van der Waals surface area contributed by atoms with Crippen molar-refractivity contribution in [2.24, 2.45) is 0 Å². The summed E-state index contributed by atoms with van der Waals surface area (Å²) in [5, 5.41) is 0. The van der Waals surface area contributed by atoms with Gasteiger partial charge in [0.15, 0.2) is 11.6 Å². The number of rotatable bonds is 5. The molecule has 0 saturated carbocycles. The van der Waals surface area contributed by atoms with Crippen molar-refractivity contribution >= 4 is 27.5 Å². The highest BCUT2D eigenvalue weighted by atomic mass is 79.9. The molecule has 0 aliphatic rings. The van der Waals surface area contributed by atoms with Crippen molar-refractivity contribution in [3.05, 3.63) is 51.6 Å². The van der Waals surface area contributed by atoms with E-state index in [4.69, 9.17) is 16.3 Å². The first-order chi connectivity index (χ1) is 10.0. The molecule has 0 saturated heterocycles. The number of aryl methyl sites for hydroxylation is 1. The Morgan fingerprint density at radius 2 is 2.00 bits per heavy atom. The predicted octanol–water partition coefficient (Wildman–Crippen LogP) is 5.61. The fourth-order valence-electron chi connectivity index (χ4n) is 1.85. The van der Waals surface area contributed by atoms with E-state index in [0.717, 1.165) is 30.2 Å². The summed E-state index contributed by atoms with van der Waals surface area (Å²) in [7, 11) is 0. The Morgan fingerprint density at radius 1 is 1.24 bits per heavy atom. The van der Waals surface area contributed by atoms with E-state index in [1.807, 2.05) is 13.0 Å². The highest BCUT2D eigenvalue weighted by Gasteiger charge is 2.13. The number of nitrogens with zero attached hydrogens (tertiary/aromatic N) is 1. The van der Waals surface area contributed by atoms with Crippen LogP contribution in [0.25, 0.3) is 0 Å². The van der Waals surface area contributed by atoms with E-state index in [9.17, 15) is 8.78 Å². The highest BCUT2D eigenvalue weighted by Crippen LogP contribution is 2.29. The van der Waals surface area contributed by atoms with E-state index in [2.05, 4.69) is 20.9 Å². The van der Waals surface area contributed by atoms with E-state index >= 15 is 0 Å². The first kappa shape index (κ1) is 16.2. The highest BCUT2D eigenvalue weighted by molar-refractivity contribution is 9.10. The van der Waals surface area contributed by atoms with Crippen LogP contribution in [0, 0.1) is 11.6 Å². The molecule has 0 radical (unpaired) electrons. The average Bonchev–Trinajstić information content (AvgIpc) is 2.44. The Morgan fingerprint density at radius 3 is 2.67 bits per heavy atom. The molecule has 112 valence electrons. The van der Waals surface area contributed by atoms with E-state index in [-0.39, 0.29) is 11.6 Å². The Hall–Kier alpha value is -1.20. The molecule has 0 aliphatic heterocycles. The smallest absolute Gasteiger partial charge is 0.219 e. The zero-order valence-electron chi connectivity index (χ0n) is 11.3. The van der Waals surface area contributed by atoms with Gasteiger partial charge in [0.2, 0.25) is 11.7 Å². The molecular weight excluding hydrogens is 364 g/mol. The van der Waals surface area contributed by atoms with Crippen molar-refractivity contribution in [1.29, 1.82) is 0 Å². The quantitative estimate of drug-likeness (QED) is 0.500. The van der Waals surface area contributed by atoms with Gasteiger partial charge in [-0.1, -0.05) is 29.3 Å². The largest absolute Gasteiger partial charge is 0.436 e. The van der Waals surface area contributed by atoms with Gasteiger partial charge in [0.25, 0.3) is 0 Å².